The molecule has 0 amide bonds. The second-order valence-corrected chi connectivity index (χ2v) is 5.22. The van der Waals surface area contributed by atoms with Gasteiger partial charge >= 0.3 is 0 Å². The van der Waals surface area contributed by atoms with E-state index in [1.807, 2.05) is 0 Å². The van der Waals surface area contributed by atoms with E-state index in [2.05, 4.69) is 24.8 Å². The second-order valence-electron chi connectivity index (χ2n) is 3.59. The van der Waals surface area contributed by atoms with Crippen molar-refractivity contribution in [2.45, 2.75) is 5.03 Å². The lowest BCUT2D eigenvalue weighted by molar-refractivity contribution is 0.597. The minimum absolute atomic E-state index is 0.0290. The predicted molar refractivity (Wildman–Crippen MR) is 65.8 cm³/mol. The summed E-state index contributed by atoms with van der Waals surface area (Å²) in [5.74, 6) is -0.0290. The van der Waals surface area contributed by atoms with Crippen LogP contribution in [0.1, 0.15) is 0 Å². The summed E-state index contributed by atoms with van der Waals surface area (Å²) in [6.07, 6.45) is 4.37. The number of fused-ring (bicyclic) bond motifs is 1. The van der Waals surface area contributed by atoms with Crippen LogP contribution in [0.4, 0.5) is 5.95 Å². The number of hydrogen-bond donors (Lipinski definition) is 1. The van der Waals surface area contributed by atoms with Crippen LogP contribution in [0.25, 0.3) is 5.65 Å². The van der Waals surface area contributed by atoms with Crippen LogP contribution in [0.3, 0.4) is 0 Å². The highest BCUT2D eigenvalue weighted by atomic mass is 32.2. The van der Waals surface area contributed by atoms with E-state index in [4.69, 9.17) is 0 Å². The normalized spacial score (nSPS) is 11.6. The van der Waals surface area contributed by atoms with E-state index >= 15 is 0 Å². The molecule has 96 valence electrons. The third-order valence-electron chi connectivity index (χ3n) is 2.28. The maximum absolute atomic E-state index is 12.0. The summed E-state index contributed by atoms with van der Waals surface area (Å²) in [5.41, 5.74) is 0.494. The van der Waals surface area contributed by atoms with E-state index in [1.165, 1.54) is 23.1 Å². The Bertz CT molecular complexity index is 781. The summed E-state index contributed by atoms with van der Waals surface area (Å²) in [6.45, 7) is 0. The highest BCUT2D eigenvalue weighted by molar-refractivity contribution is 7.92. The molecule has 0 aromatic carbocycles. The molecule has 0 bridgehead atoms. The Labute approximate surface area is 108 Å². The molecule has 3 aromatic heterocycles. The molecule has 0 radical (unpaired) electrons. The van der Waals surface area contributed by atoms with E-state index in [1.54, 1.807) is 24.4 Å². The molecule has 0 atom stereocenters. The monoisotopic (exact) mass is 276 g/mol. The molecule has 1 N–H and O–H groups in total. The molecular formula is C10H8N6O2S. The van der Waals surface area contributed by atoms with Crippen molar-refractivity contribution in [3.05, 3.63) is 43.0 Å². The maximum atomic E-state index is 12.0. The molecule has 0 spiro atoms. The molecule has 0 unspecified atom stereocenters. The molecule has 3 rings (SSSR count). The van der Waals surface area contributed by atoms with Gasteiger partial charge in [0.1, 0.15) is 6.33 Å². The van der Waals surface area contributed by atoms with Gasteiger partial charge in [0.15, 0.2) is 10.7 Å². The number of aromatic nitrogens is 5. The summed E-state index contributed by atoms with van der Waals surface area (Å²) in [4.78, 5) is 11.6. The molecule has 0 aliphatic rings. The summed E-state index contributed by atoms with van der Waals surface area (Å²) >= 11 is 0. The van der Waals surface area contributed by atoms with Crippen LogP contribution in [0.2, 0.25) is 0 Å². The fourth-order valence-corrected chi connectivity index (χ4v) is 2.36. The van der Waals surface area contributed by atoms with E-state index in [0.29, 0.717) is 5.65 Å². The number of rotatable bonds is 3. The van der Waals surface area contributed by atoms with Gasteiger partial charge in [-0.3, -0.25) is 0 Å². The number of pyridine rings is 1. The van der Waals surface area contributed by atoms with Gasteiger partial charge in [-0.1, -0.05) is 6.07 Å². The van der Waals surface area contributed by atoms with Crippen molar-refractivity contribution < 1.29 is 8.42 Å². The van der Waals surface area contributed by atoms with Gasteiger partial charge in [-0.15, -0.1) is 5.10 Å². The van der Waals surface area contributed by atoms with Crippen LogP contribution >= 0.6 is 0 Å². The fraction of sp³-hybridized carbons (Fsp3) is 0. The quantitative estimate of drug-likeness (QED) is 0.739. The van der Waals surface area contributed by atoms with Gasteiger partial charge in [-0.25, -0.2) is 19.2 Å². The molecule has 0 saturated carbocycles. The van der Waals surface area contributed by atoms with Crippen molar-refractivity contribution in [2.75, 3.05) is 4.72 Å². The molecule has 9 heteroatoms. The van der Waals surface area contributed by atoms with E-state index in [-0.39, 0.29) is 11.0 Å². The molecule has 0 saturated heterocycles. The first-order valence-corrected chi connectivity index (χ1v) is 6.74. The van der Waals surface area contributed by atoms with Crippen LogP contribution in [-0.4, -0.2) is 33.0 Å². The summed E-state index contributed by atoms with van der Waals surface area (Å²) in [6, 6.07) is 6.22. The summed E-state index contributed by atoms with van der Waals surface area (Å²) < 4.78 is 27.6. The highest BCUT2D eigenvalue weighted by Gasteiger charge is 2.17. The van der Waals surface area contributed by atoms with Gasteiger partial charge in [0, 0.05) is 18.5 Å². The lowest BCUT2D eigenvalue weighted by Gasteiger charge is -2.02. The number of anilines is 1. The minimum atomic E-state index is -3.78. The van der Waals surface area contributed by atoms with E-state index < -0.39 is 10.0 Å². The Morgan fingerprint density at radius 3 is 2.79 bits per heavy atom. The molecule has 8 nitrogen and oxygen atoms in total. The minimum Gasteiger partial charge on any atom is -0.245 e. The Morgan fingerprint density at radius 1 is 1.16 bits per heavy atom. The number of nitrogens with one attached hydrogen (secondary N) is 1. The lowest BCUT2D eigenvalue weighted by atomic mass is 10.5. The first-order chi connectivity index (χ1) is 9.15. The van der Waals surface area contributed by atoms with Crippen LogP contribution in [0, 0.1) is 0 Å². The van der Waals surface area contributed by atoms with Crippen molar-refractivity contribution in [3.63, 3.8) is 0 Å². The average Bonchev–Trinajstić information content (AvgIpc) is 2.81. The van der Waals surface area contributed by atoms with Crippen molar-refractivity contribution >= 4 is 21.6 Å². The molecule has 19 heavy (non-hydrogen) atoms. The SMILES string of the molecule is O=S(=O)(Nc1nc2ccncn2n1)c1ccccn1. The Kier molecular flexibility index (Phi) is 2.60. The summed E-state index contributed by atoms with van der Waals surface area (Å²) in [7, 11) is -3.78. The maximum Gasteiger partial charge on any atom is 0.281 e. The number of hydrogen-bond acceptors (Lipinski definition) is 6. The van der Waals surface area contributed by atoms with Crippen LogP contribution in [-0.2, 0) is 10.0 Å². The van der Waals surface area contributed by atoms with Gasteiger partial charge in [-0.2, -0.15) is 13.4 Å². The molecule has 3 heterocycles. The van der Waals surface area contributed by atoms with Crippen molar-refractivity contribution in [1.82, 2.24) is 24.6 Å². The third-order valence-corrected chi connectivity index (χ3v) is 3.53. The largest absolute Gasteiger partial charge is 0.281 e. The summed E-state index contributed by atoms with van der Waals surface area (Å²) in [5, 5.41) is 3.86. The number of nitrogens with zero attached hydrogens (tertiary/aromatic N) is 5. The average molecular weight is 276 g/mol. The second kappa shape index (κ2) is 4.28. The van der Waals surface area contributed by atoms with Crippen molar-refractivity contribution in [1.29, 1.82) is 0 Å². The zero-order valence-electron chi connectivity index (χ0n) is 9.50. The number of sulfonamides is 1. The smallest absolute Gasteiger partial charge is 0.245 e. The van der Waals surface area contributed by atoms with Gasteiger partial charge in [0.05, 0.1) is 0 Å². The topological polar surface area (TPSA) is 102 Å². The standard InChI is InChI=1S/C10H8N6O2S/c17-19(18,9-3-1-2-5-12-9)15-10-13-8-4-6-11-7-16(8)14-10/h1-7H,(H,14,15). The highest BCUT2D eigenvalue weighted by Crippen LogP contribution is 2.10. The molecular weight excluding hydrogens is 268 g/mol. The van der Waals surface area contributed by atoms with Gasteiger partial charge in [-0.05, 0) is 12.1 Å². The Morgan fingerprint density at radius 2 is 2.05 bits per heavy atom. The van der Waals surface area contributed by atoms with Gasteiger partial charge in [0.25, 0.3) is 16.0 Å². The van der Waals surface area contributed by atoms with Crippen LogP contribution < -0.4 is 4.72 Å². The predicted octanol–water partition coefficient (Wildman–Crippen LogP) is 0.320. The molecule has 3 aromatic rings. The first kappa shape index (κ1) is 11.5. The van der Waals surface area contributed by atoms with Crippen LogP contribution in [0.15, 0.2) is 48.0 Å². The van der Waals surface area contributed by atoms with Crippen LogP contribution in [0.5, 0.6) is 0 Å². The van der Waals surface area contributed by atoms with E-state index in [0.717, 1.165) is 0 Å². The Balaban J connectivity index is 1.97. The molecule has 0 aliphatic carbocycles. The lowest BCUT2D eigenvalue weighted by Crippen LogP contribution is -2.15. The third kappa shape index (κ3) is 2.22. The zero-order valence-corrected chi connectivity index (χ0v) is 10.3. The zero-order chi connectivity index (χ0) is 13.3. The van der Waals surface area contributed by atoms with Gasteiger partial charge in [0.2, 0.25) is 0 Å². The van der Waals surface area contributed by atoms with Crippen molar-refractivity contribution in [3.8, 4) is 0 Å². The fourth-order valence-electron chi connectivity index (χ4n) is 1.47. The van der Waals surface area contributed by atoms with Crippen molar-refractivity contribution in [2.24, 2.45) is 0 Å². The Hall–Kier alpha value is -2.55. The van der Waals surface area contributed by atoms with E-state index in [9.17, 15) is 8.42 Å². The van der Waals surface area contributed by atoms with Gasteiger partial charge < -0.3 is 0 Å². The molecule has 0 fully saturated rings. The first-order valence-electron chi connectivity index (χ1n) is 5.25. The molecule has 0 aliphatic heterocycles.